The maximum absolute atomic E-state index is 5.80. The molecule has 0 aliphatic rings. The number of halogens is 4. The second-order valence-corrected chi connectivity index (χ2v) is 14.0. The molecule has 0 aromatic rings. The van der Waals surface area contributed by atoms with E-state index in [-0.39, 0.29) is 0 Å². The second-order valence-electron chi connectivity index (χ2n) is 3.88. The van der Waals surface area contributed by atoms with Gasteiger partial charge in [-0.2, -0.15) is 0 Å². The lowest BCUT2D eigenvalue weighted by molar-refractivity contribution is 0.586. The van der Waals surface area contributed by atoms with E-state index in [1.54, 1.807) is 0 Å². The number of hydrogen-bond acceptors (Lipinski definition) is 0. The van der Waals surface area contributed by atoms with Crippen molar-refractivity contribution in [2.75, 3.05) is 5.33 Å². The van der Waals surface area contributed by atoms with Gasteiger partial charge in [0.15, 0.2) is 0 Å². The predicted octanol–water partition coefficient (Wildman–Crippen LogP) is 6.16. The third-order valence-corrected chi connectivity index (χ3v) is 5.53. The zero-order valence-corrected chi connectivity index (χ0v) is 13.9. The maximum atomic E-state index is 5.80. The molecule has 0 N–H and O–H groups in total. The van der Waals surface area contributed by atoms with Gasteiger partial charge in [0.1, 0.15) is 0 Å². The highest BCUT2D eigenvalue weighted by Gasteiger charge is 2.23. The molecule has 5 heteroatoms. The zero-order valence-electron chi connectivity index (χ0n) is 9.08. The number of unbranched alkanes of at least 4 members (excludes halogenated alkanes) is 7. The Kier molecular flexibility index (Phi) is 11.8. The van der Waals surface area contributed by atoms with E-state index in [1.807, 2.05) is 0 Å². The molecule has 0 saturated heterocycles. The predicted molar refractivity (Wildman–Crippen MR) is 78.9 cm³/mol. The summed E-state index contributed by atoms with van der Waals surface area (Å²) in [6.07, 6.45) is 10.3. The average Bonchev–Trinajstić information content (AvgIpc) is 2.14. The molecule has 0 aliphatic carbocycles. The van der Waals surface area contributed by atoms with E-state index in [9.17, 15) is 0 Å². The Morgan fingerprint density at radius 3 is 1.47 bits per heavy atom. The lowest BCUT2D eigenvalue weighted by atomic mass is 10.1. The molecule has 0 rings (SSSR count). The monoisotopic (exact) mass is 352 g/mol. The van der Waals surface area contributed by atoms with Crippen molar-refractivity contribution in [3.63, 3.8) is 0 Å². The minimum absolute atomic E-state index is 0.821. The van der Waals surface area contributed by atoms with Gasteiger partial charge in [-0.05, 0) is 12.5 Å². The van der Waals surface area contributed by atoms with Gasteiger partial charge in [0.2, 0.25) is 0 Å². The van der Waals surface area contributed by atoms with Crippen molar-refractivity contribution in [1.82, 2.24) is 0 Å². The summed E-state index contributed by atoms with van der Waals surface area (Å²) >= 11 is 20.8. The van der Waals surface area contributed by atoms with Crippen molar-refractivity contribution < 1.29 is 0 Å². The smallest absolute Gasteiger partial charge is 0.126 e. The molecule has 15 heavy (non-hydrogen) atoms. The summed E-state index contributed by atoms with van der Waals surface area (Å²) in [7, 11) is 0. The molecular weight excluding hydrogens is 334 g/mol. The molecule has 0 spiro atoms. The van der Waals surface area contributed by atoms with Gasteiger partial charge in [-0.15, -0.1) is 33.2 Å². The lowest BCUT2D eigenvalue weighted by Crippen LogP contribution is -2.07. The highest BCUT2D eigenvalue weighted by molar-refractivity contribution is 9.09. The molecule has 0 aliphatic heterocycles. The molecule has 92 valence electrons. The zero-order chi connectivity index (χ0) is 11.6. The van der Waals surface area contributed by atoms with Crippen LogP contribution in [0.3, 0.4) is 0 Å². The summed E-state index contributed by atoms with van der Waals surface area (Å²) < 4.78 is 0. The van der Waals surface area contributed by atoms with E-state index < -0.39 is 6.00 Å². The number of rotatable bonds is 10. The lowest BCUT2D eigenvalue weighted by Gasteiger charge is -2.06. The second kappa shape index (κ2) is 10.7. The van der Waals surface area contributed by atoms with Crippen molar-refractivity contribution in [2.24, 2.45) is 0 Å². The molecule has 0 saturated carbocycles. The van der Waals surface area contributed by atoms with Gasteiger partial charge >= 0.3 is 6.00 Å². The fourth-order valence-corrected chi connectivity index (χ4v) is 3.73. The number of alkyl halides is 1. The first-order valence-corrected chi connectivity index (χ1v) is 12.1. The van der Waals surface area contributed by atoms with Crippen molar-refractivity contribution in [3.05, 3.63) is 0 Å². The van der Waals surface area contributed by atoms with Gasteiger partial charge in [-0.3, -0.25) is 0 Å². The van der Waals surface area contributed by atoms with Crippen molar-refractivity contribution >= 4 is 55.2 Å². The average molecular weight is 355 g/mol. The van der Waals surface area contributed by atoms with Crippen LogP contribution in [0.2, 0.25) is 6.04 Å². The minimum Gasteiger partial charge on any atom is -0.126 e. The van der Waals surface area contributed by atoms with Crippen LogP contribution in [0.1, 0.15) is 51.4 Å². The van der Waals surface area contributed by atoms with E-state index in [2.05, 4.69) is 15.9 Å². The van der Waals surface area contributed by atoms with Crippen molar-refractivity contribution in [2.45, 2.75) is 57.4 Å². The van der Waals surface area contributed by atoms with Crippen LogP contribution in [0.25, 0.3) is 0 Å². The van der Waals surface area contributed by atoms with E-state index in [0.717, 1.165) is 17.8 Å². The molecular formula is C10H20BrCl3Si. The Morgan fingerprint density at radius 1 is 0.667 bits per heavy atom. The quantitative estimate of drug-likeness (QED) is 0.191. The topological polar surface area (TPSA) is 0 Å². The SMILES string of the molecule is Cl[Si](Cl)(Cl)CCCCCCCCCCBr. The van der Waals surface area contributed by atoms with Crippen LogP contribution >= 0.6 is 49.2 Å². The van der Waals surface area contributed by atoms with Crippen LogP contribution in [-0.4, -0.2) is 11.3 Å². The summed E-state index contributed by atoms with van der Waals surface area (Å²) in [5.41, 5.74) is 0. The molecule has 0 fully saturated rings. The summed E-state index contributed by atoms with van der Waals surface area (Å²) in [5, 5.41) is 1.14. The third-order valence-electron chi connectivity index (χ3n) is 2.34. The Bertz CT molecular complexity index is 139. The van der Waals surface area contributed by atoms with E-state index >= 15 is 0 Å². The molecule has 0 radical (unpaired) electrons. The van der Waals surface area contributed by atoms with E-state index in [1.165, 1.54) is 44.9 Å². The molecule has 0 amide bonds. The van der Waals surface area contributed by atoms with Crippen LogP contribution in [0.15, 0.2) is 0 Å². The highest BCUT2D eigenvalue weighted by atomic mass is 79.9. The Labute approximate surface area is 117 Å². The fraction of sp³-hybridized carbons (Fsp3) is 1.00. The summed E-state index contributed by atoms with van der Waals surface area (Å²) in [6, 6.07) is -1.51. The molecule has 0 unspecified atom stereocenters. The Balaban J connectivity index is 2.99. The maximum Gasteiger partial charge on any atom is 0.341 e. The van der Waals surface area contributed by atoms with E-state index in [0.29, 0.717) is 0 Å². The largest absolute Gasteiger partial charge is 0.341 e. The van der Waals surface area contributed by atoms with Gasteiger partial charge in [-0.25, -0.2) is 0 Å². The Morgan fingerprint density at radius 2 is 1.07 bits per heavy atom. The first-order valence-electron chi connectivity index (χ1n) is 5.69. The fourth-order valence-electron chi connectivity index (χ4n) is 1.48. The summed E-state index contributed by atoms with van der Waals surface area (Å²) in [5.74, 6) is 0. The molecule has 0 nitrogen and oxygen atoms in total. The van der Waals surface area contributed by atoms with Gasteiger partial charge in [-0.1, -0.05) is 60.9 Å². The third kappa shape index (κ3) is 15.6. The first kappa shape index (κ1) is 16.6. The molecule has 0 aromatic carbocycles. The van der Waals surface area contributed by atoms with Gasteiger partial charge in [0.05, 0.1) is 0 Å². The van der Waals surface area contributed by atoms with Crippen LogP contribution in [-0.2, 0) is 0 Å². The summed E-state index contributed by atoms with van der Waals surface area (Å²) in [6.45, 7) is 0. The Hall–Kier alpha value is 1.57. The van der Waals surface area contributed by atoms with Crippen LogP contribution in [0.5, 0.6) is 0 Å². The molecule has 0 heterocycles. The molecule has 0 bridgehead atoms. The van der Waals surface area contributed by atoms with Gasteiger partial charge in [0.25, 0.3) is 0 Å². The first-order chi connectivity index (χ1) is 7.06. The van der Waals surface area contributed by atoms with Crippen LogP contribution in [0, 0.1) is 0 Å². The van der Waals surface area contributed by atoms with Crippen molar-refractivity contribution in [1.29, 1.82) is 0 Å². The van der Waals surface area contributed by atoms with Gasteiger partial charge < -0.3 is 0 Å². The summed E-state index contributed by atoms with van der Waals surface area (Å²) in [4.78, 5) is 0. The van der Waals surface area contributed by atoms with E-state index in [4.69, 9.17) is 33.2 Å². The van der Waals surface area contributed by atoms with Crippen LogP contribution < -0.4 is 0 Å². The number of hydrogen-bond donors (Lipinski definition) is 0. The minimum atomic E-state index is -2.33. The van der Waals surface area contributed by atoms with Gasteiger partial charge in [0, 0.05) is 5.33 Å². The normalized spacial score (nSPS) is 12.0. The highest BCUT2D eigenvalue weighted by Crippen LogP contribution is 2.27. The molecule has 0 atom stereocenters. The standard InChI is InChI=1S/C10H20BrCl3Si/c11-9-7-5-3-1-2-4-6-8-10-15(12,13)14/h1-10H2. The van der Waals surface area contributed by atoms with Crippen molar-refractivity contribution in [3.8, 4) is 0 Å². The molecule has 0 aromatic heterocycles. The van der Waals surface area contributed by atoms with Crippen LogP contribution in [0.4, 0.5) is 0 Å².